The van der Waals surface area contributed by atoms with Gasteiger partial charge in [-0.3, -0.25) is 0 Å². The quantitative estimate of drug-likeness (QED) is 0.590. The van der Waals surface area contributed by atoms with Crippen LogP contribution < -0.4 is 0 Å². The third-order valence-electron chi connectivity index (χ3n) is 1.78. The zero-order valence-corrected chi connectivity index (χ0v) is 7.47. The lowest BCUT2D eigenvalue weighted by Crippen LogP contribution is -2.04. The normalized spacial score (nSPS) is 12.3. The van der Waals surface area contributed by atoms with E-state index >= 15 is 0 Å². The molecule has 0 amide bonds. The molecule has 2 rings (SSSR count). The molecule has 1 heterocycles. The van der Waals surface area contributed by atoms with Gasteiger partial charge in [0.25, 0.3) is 0 Å². The highest BCUT2D eigenvalue weighted by atomic mass is 32.1. The molecule has 0 fully saturated rings. The van der Waals surface area contributed by atoms with Crippen LogP contribution in [0.15, 0.2) is 18.2 Å². The van der Waals surface area contributed by atoms with Crippen molar-refractivity contribution < 1.29 is 17.6 Å². The Hall–Kier alpha value is -1.10. The highest BCUT2D eigenvalue weighted by Gasteiger charge is 2.31. The summed E-state index contributed by atoms with van der Waals surface area (Å²) in [7, 11) is 0. The lowest BCUT2D eigenvalue weighted by Gasteiger charge is -2.06. The number of benzene rings is 1. The van der Waals surface area contributed by atoms with Gasteiger partial charge in [-0.1, -0.05) is 0 Å². The average molecular weight is 219 g/mol. The Kier molecular flexibility index (Phi) is 1.99. The van der Waals surface area contributed by atoms with Crippen molar-refractivity contribution in [1.29, 1.82) is 0 Å². The Morgan fingerprint density at radius 3 is 2.57 bits per heavy atom. The number of hydrogen-bond acceptors (Lipinski definition) is 1. The van der Waals surface area contributed by atoms with Gasteiger partial charge in [0, 0.05) is 5.38 Å². The van der Waals surface area contributed by atoms with E-state index in [-0.39, 0.29) is 10.1 Å². The highest BCUT2D eigenvalue weighted by Crippen LogP contribution is 2.34. The van der Waals surface area contributed by atoms with Crippen LogP contribution in [0.4, 0.5) is 17.6 Å². The first-order chi connectivity index (χ1) is 6.48. The van der Waals surface area contributed by atoms with Gasteiger partial charge in [-0.15, -0.1) is 11.3 Å². The van der Waals surface area contributed by atoms with Crippen molar-refractivity contribution in [2.75, 3.05) is 0 Å². The first kappa shape index (κ1) is 9.45. The summed E-state index contributed by atoms with van der Waals surface area (Å²) in [6, 6.07) is 2.77. The second kappa shape index (κ2) is 2.95. The van der Waals surface area contributed by atoms with Crippen LogP contribution in [0, 0.1) is 11.2 Å². The van der Waals surface area contributed by atoms with Crippen molar-refractivity contribution in [3.8, 4) is 0 Å². The van der Waals surface area contributed by atoms with Crippen LogP contribution in [0.25, 0.3) is 10.1 Å². The monoisotopic (exact) mass is 219 g/mol. The van der Waals surface area contributed by atoms with Gasteiger partial charge in [-0.05, 0) is 23.6 Å². The van der Waals surface area contributed by atoms with Gasteiger partial charge in [0.2, 0.25) is 0 Å². The molecule has 0 bridgehead atoms. The van der Waals surface area contributed by atoms with Crippen molar-refractivity contribution in [3.05, 3.63) is 35.0 Å². The molecule has 0 saturated heterocycles. The summed E-state index contributed by atoms with van der Waals surface area (Å²) in [6.07, 6.45) is -4.50. The molecule has 1 aromatic carbocycles. The number of alkyl halides is 3. The minimum Gasteiger partial charge on any atom is -0.205 e. The molecule has 5 heteroatoms. The van der Waals surface area contributed by atoms with Gasteiger partial charge in [0.15, 0.2) is 0 Å². The van der Waals surface area contributed by atoms with Crippen LogP contribution in [-0.4, -0.2) is 0 Å². The molecule has 0 N–H and O–H groups in total. The summed E-state index contributed by atoms with van der Waals surface area (Å²) in [5.74, 6) is -0.846. The van der Waals surface area contributed by atoms with Gasteiger partial charge in [-0.25, -0.2) is 4.39 Å². The van der Waals surface area contributed by atoms with Gasteiger partial charge < -0.3 is 0 Å². The number of thiophene rings is 1. The second-order valence-electron chi connectivity index (χ2n) is 2.74. The van der Waals surface area contributed by atoms with Crippen LogP contribution in [0.5, 0.6) is 0 Å². The Labute approximate surface area is 80.8 Å². The predicted octanol–water partition coefficient (Wildman–Crippen LogP) is 3.86. The molecule has 0 spiro atoms. The van der Waals surface area contributed by atoms with E-state index in [1.807, 2.05) is 0 Å². The maximum Gasteiger partial charge on any atom is 0.416 e. The van der Waals surface area contributed by atoms with Gasteiger partial charge in [0.05, 0.1) is 10.3 Å². The van der Waals surface area contributed by atoms with E-state index in [4.69, 9.17) is 0 Å². The molecule has 0 unspecified atom stereocenters. The number of fused-ring (bicyclic) bond motifs is 1. The molecule has 0 aliphatic rings. The van der Waals surface area contributed by atoms with Crippen LogP contribution in [0.3, 0.4) is 0 Å². The maximum atomic E-state index is 13.1. The summed E-state index contributed by atoms with van der Waals surface area (Å²) in [4.78, 5) is 0. The molecule has 0 aliphatic heterocycles. The molecule has 73 valence electrons. The van der Waals surface area contributed by atoms with E-state index in [0.717, 1.165) is 17.4 Å². The fraction of sp³-hybridized carbons (Fsp3) is 0.111. The number of hydrogen-bond donors (Lipinski definition) is 0. The van der Waals surface area contributed by atoms with E-state index < -0.39 is 17.6 Å². The summed E-state index contributed by atoms with van der Waals surface area (Å²) >= 11 is 0.966. The maximum absolute atomic E-state index is 13.1. The fourth-order valence-corrected chi connectivity index (χ4v) is 1.84. The minimum atomic E-state index is -4.50. The smallest absolute Gasteiger partial charge is 0.205 e. The van der Waals surface area contributed by atoms with E-state index in [2.05, 4.69) is 5.38 Å². The first-order valence-electron chi connectivity index (χ1n) is 3.65. The number of rotatable bonds is 0. The molecular formula is C9H3F4S. The summed E-state index contributed by atoms with van der Waals surface area (Å²) in [6.45, 7) is 0. The van der Waals surface area contributed by atoms with E-state index in [0.29, 0.717) is 6.07 Å². The molecule has 1 aromatic heterocycles. The predicted molar refractivity (Wildman–Crippen MR) is 45.6 cm³/mol. The third kappa shape index (κ3) is 1.48. The van der Waals surface area contributed by atoms with Crippen molar-refractivity contribution in [2.45, 2.75) is 6.18 Å². The lowest BCUT2D eigenvalue weighted by atomic mass is 10.1. The zero-order valence-electron chi connectivity index (χ0n) is 6.65. The SMILES string of the molecule is Fc1cc(C(F)(F)F)cc2c[c]sc12. The van der Waals surface area contributed by atoms with Crippen LogP contribution in [-0.2, 0) is 6.18 Å². The van der Waals surface area contributed by atoms with Gasteiger partial charge in [-0.2, -0.15) is 13.2 Å². The Bertz CT molecular complexity index is 469. The van der Waals surface area contributed by atoms with Gasteiger partial charge >= 0.3 is 6.18 Å². The third-order valence-corrected chi connectivity index (χ3v) is 2.65. The zero-order chi connectivity index (χ0) is 10.3. The Morgan fingerprint density at radius 1 is 1.21 bits per heavy atom. The molecule has 0 aliphatic carbocycles. The molecular weight excluding hydrogens is 216 g/mol. The topological polar surface area (TPSA) is 0 Å². The minimum absolute atomic E-state index is 0.206. The molecule has 0 saturated carbocycles. The number of halogens is 4. The standard InChI is InChI=1S/C9H3F4S/c10-7-4-6(9(11,12)13)3-5-1-2-14-8(5)7/h1,3-4H. The summed E-state index contributed by atoms with van der Waals surface area (Å²) in [5, 5.41) is 2.83. The Balaban J connectivity index is 2.70. The molecule has 0 nitrogen and oxygen atoms in total. The molecule has 2 aromatic rings. The summed E-state index contributed by atoms with van der Waals surface area (Å²) in [5.41, 5.74) is -0.964. The fourth-order valence-electron chi connectivity index (χ4n) is 1.15. The molecule has 0 atom stereocenters. The van der Waals surface area contributed by atoms with Crippen LogP contribution in [0.1, 0.15) is 5.56 Å². The molecule has 14 heavy (non-hydrogen) atoms. The van der Waals surface area contributed by atoms with E-state index in [1.165, 1.54) is 6.07 Å². The molecule has 1 radical (unpaired) electrons. The van der Waals surface area contributed by atoms with Crippen LogP contribution in [0.2, 0.25) is 0 Å². The lowest BCUT2D eigenvalue weighted by molar-refractivity contribution is -0.137. The Morgan fingerprint density at radius 2 is 1.93 bits per heavy atom. The largest absolute Gasteiger partial charge is 0.416 e. The summed E-state index contributed by atoms with van der Waals surface area (Å²) < 4.78 is 50.0. The van der Waals surface area contributed by atoms with Gasteiger partial charge in [0.1, 0.15) is 5.82 Å². The van der Waals surface area contributed by atoms with Crippen molar-refractivity contribution in [2.24, 2.45) is 0 Å². The van der Waals surface area contributed by atoms with E-state index in [9.17, 15) is 17.6 Å². The van der Waals surface area contributed by atoms with E-state index in [1.54, 1.807) is 0 Å². The van der Waals surface area contributed by atoms with Crippen LogP contribution >= 0.6 is 11.3 Å². The van der Waals surface area contributed by atoms with Crippen molar-refractivity contribution in [3.63, 3.8) is 0 Å². The average Bonchev–Trinajstić information content (AvgIpc) is 2.50. The van der Waals surface area contributed by atoms with Crippen molar-refractivity contribution in [1.82, 2.24) is 0 Å². The van der Waals surface area contributed by atoms with Crippen molar-refractivity contribution >= 4 is 21.4 Å². The second-order valence-corrected chi connectivity index (χ2v) is 3.59. The first-order valence-corrected chi connectivity index (χ1v) is 4.46. The highest BCUT2D eigenvalue weighted by molar-refractivity contribution is 7.16.